The zero-order valence-electron chi connectivity index (χ0n) is 17.9. The van der Waals surface area contributed by atoms with Crippen molar-refractivity contribution in [3.05, 3.63) is 29.8 Å². The fourth-order valence-corrected chi connectivity index (χ4v) is 3.53. The van der Waals surface area contributed by atoms with E-state index in [2.05, 4.69) is 43.5 Å². The number of aliphatic imine (C=N–C) groups is 1. The van der Waals surface area contributed by atoms with Gasteiger partial charge in [-0.2, -0.15) is 0 Å². The maximum Gasteiger partial charge on any atom is 0.191 e. The second-order valence-corrected chi connectivity index (χ2v) is 7.78. The predicted octanol–water partition coefficient (Wildman–Crippen LogP) is 4.35. The number of hydrogen-bond acceptors (Lipinski definition) is 3. The third kappa shape index (κ3) is 7.78. The molecule has 0 aliphatic carbocycles. The molecule has 0 atom stereocenters. The van der Waals surface area contributed by atoms with E-state index in [4.69, 9.17) is 14.5 Å². The smallest absolute Gasteiger partial charge is 0.191 e. The number of ether oxygens (including phenoxy) is 2. The third-order valence-electron chi connectivity index (χ3n) is 5.29. The van der Waals surface area contributed by atoms with Crippen LogP contribution in [0, 0.1) is 5.92 Å². The predicted molar refractivity (Wildman–Crippen MR) is 128 cm³/mol. The van der Waals surface area contributed by atoms with Gasteiger partial charge in [0, 0.05) is 31.7 Å². The molecule has 0 amide bonds. The van der Waals surface area contributed by atoms with Crippen LogP contribution in [0.4, 0.5) is 0 Å². The summed E-state index contributed by atoms with van der Waals surface area (Å²) in [5, 5.41) is 6.88. The lowest BCUT2D eigenvalue weighted by Crippen LogP contribution is -2.41. The van der Waals surface area contributed by atoms with E-state index in [1.807, 2.05) is 12.1 Å². The Morgan fingerprint density at radius 2 is 1.86 bits per heavy atom. The molecule has 1 aromatic carbocycles. The van der Waals surface area contributed by atoms with Gasteiger partial charge in [0.25, 0.3) is 0 Å². The van der Waals surface area contributed by atoms with Crippen LogP contribution in [0.15, 0.2) is 29.3 Å². The first-order valence-electron chi connectivity index (χ1n) is 10.3. The molecular weight excluding hydrogens is 465 g/mol. The van der Waals surface area contributed by atoms with Gasteiger partial charge in [-0.3, -0.25) is 4.99 Å². The number of guanidine groups is 1. The van der Waals surface area contributed by atoms with Gasteiger partial charge < -0.3 is 20.1 Å². The van der Waals surface area contributed by atoms with Crippen LogP contribution in [0.5, 0.6) is 5.75 Å². The van der Waals surface area contributed by atoms with Crippen LogP contribution >= 0.6 is 24.0 Å². The lowest BCUT2D eigenvalue weighted by Gasteiger charge is -2.36. The molecule has 0 bridgehead atoms. The average Bonchev–Trinajstić information content (AvgIpc) is 2.70. The number of halogens is 1. The van der Waals surface area contributed by atoms with Gasteiger partial charge in [0.2, 0.25) is 0 Å². The highest BCUT2D eigenvalue weighted by Gasteiger charge is 2.34. The van der Waals surface area contributed by atoms with Gasteiger partial charge in [-0.05, 0) is 56.2 Å². The lowest BCUT2D eigenvalue weighted by molar-refractivity contribution is 0.0531. The van der Waals surface area contributed by atoms with Gasteiger partial charge in [0.1, 0.15) is 5.75 Å². The van der Waals surface area contributed by atoms with Crippen molar-refractivity contribution in [1.29, 1.82) is 0 Å². The van der Waals surface area contributed by atoms with E-state index in [0.29, 0.717) is 0 Å². The SMILES string of the molecule is CCNC(=NCC1(c2ccc(OC)cc2)CCOCC1)NCCCC(C)C.I. The Kier molecular flexibility index (Phi) is 11.8. The van der Waals surface area contributed by atoms with E-state index in [-0.39, 0.29) is 29.4 Å². The van der Waals surface area contributed by atoms with Gasteiger partial charge >= 0.3 is 0 Å². The highest BCUT2D eigenvalue weighted by atomic mass is 127. The zero-order valence-corrected chi connectivity index (χ0v) is 20.3. The Labute approximate surface area is 188 Å². The minimum absolute atomic E-state index is 0. The fraction of sp³-hybridized carbons (Fsp3) is 0.682. The Balaban J connectivity index is 0.00000392. The summed E-state index contributed by atoms with van der Waals surface area (Å²) in [5.74, 6) is 2.55. The van der Waals surface area contributed by atoms with Gasteiger partial charge in [-0.1, -0.05) is 26.0 Å². The molecule has 160 valence electrons. The minimum atomic E-state index is 0. The number of benzene rings is 1. The van der Waals surface area contributed by atoms with Crippen molar-refractivity contribution in [3.8, 4) is 5.75 Å². The molecular formula is C22H38IN3O2. The van der Waals surface area contributed by atoms with Gasteiger partial charge in [0.05, 0.1) is 13.7 Å². The molecule has 2 rings (SSSR count). The maximum absolute atomic E-state index is 5.64. The Bertz CT molecular complexity index is 570. The standard InChI is InChI=1S/C22H37N3O2.HI/c1-5-23-21(24-14-6-7-18(2)3)25-17-22(12-15-27-16-13-22)19-8-10-20(26-4)11-9-19;/h8-11,18H,5-7,12-17H2,1-4H3,(H2,23,24,25);1H. The van der Waals surface area contributed by atoms with E-state index in [0.717, 1.165) is 63.3 Å². The summed E-state index contributed by atoms with van der Waals surface area (Å²) in [6.45, 7) is 10.8. The molecule has 6 heteroatoms. The summed E-state index contributed by atoms with van der Waals surface area (Å²) in [4.78, 5) is 4.95. The average molecular weight is 503 g/mol. The summed E-state index contributed by atoms with van der Waals surface area (Å²) < 4.78 is 11.0. The molecule has 0 unspecified atom stereocenters. The van der Waals surface area contributed by atoms with Crippen molar-refractivity contribution in [1.82, 2.24) is 10.6 Å². The zero-order chi connectivity index (χ0) is 19.5. The van der Waals surface area contributed by atoms with Crippen LogP contribution in [0.25, 0.3) is 0 Å². The molecule has 2 N–H and O–H groups in total. The Morgan fingerprint density at radius 3 is 2.43 bits per heavy atom. The summed E-state index contributed by atoms with van der Waals surface area (Å²) in [7, 11) is 1.71. The van der Waals surface area contributed by atoms with Crippen molar-refractivity contribution >= 4 is 29.9 Å². The van der Waals surface area contributed by atoms with Gasteiger partial charge in [-0.15, -0.1) is 24.0 Å². The quantitative estimate of drug-likeness (QED) is 0.228. The van der Waals surface area contributed by atoms with Crippen molar-refractivity contribution < 1.29 is 9.47 Å². The molecule has 0 spiro atoms. The minimum Gasteiger partial charge on any atom is -0.497 e. The summed E-state index contributed by atoms with van der Waals surface area (Å²) in [5.41, 5.74) is 1.36. The van der Waals surface area contributed by atoms with E-state index in [1.165, 1.54) is 18.4 Å². The van der Waals surface area contributed by atoms with Crippen molar-refractivity contribution in [2.45, 2.75) is 51.9 Å². The molecule has 1 heterocycles. The number of hydrogen-bond donors (Lipinski definition) is 2. The van der Waals surface area contributed by atoms with Crippen molar-refractivity contribution in [2.24, 2.45) is 10.9 Å². The summed E-state index contributed by atoms with van der Waals surface area (Å²) >= 11 is 0. The Morgan fingerprint density at radius 1 is 1.18 bits per heavy atom. The van der Waals surface area contributed by atoms with Crippen LogP contribution < -0.4 is 15.4 Å². The van der Waals surface area contributed by atoms with Crippen LogP contribution in [0.2, 0.25) is 0 Å². The molecule has 1 saturated heterocycles. The van der Waals surface area contributed by atoms with Crippen LogP contribution in [0.1, 0.15) is 52.0 Å². The second kappa shape index (κ2) is 13.2. The molecule has 1 aromatic rings. The van der Waals surface area contributed by atoms with Crippen LogP contribution in [-0.2, 0) is 10.2 Å². The van der Waals surface area contributed by atoms with Crippen LogP contribution in [-0.4, -0.2) is 45.9 Å². The number of rotatable bonds is 9. The first-order chi connectivity index (χ1) is 13.1. The van der Waals surface area contributed by atoms with Crippen LogP contribution in [0.3, 0.4) is 0 Å². The summed E-state index contributed by atoms with van der Waals surface area (Å²) in [6, 6.07) is 8.46. The maximum atomic E-state index is 5.64. The van der Waals surface area contributed by atoms with Gasteiger partial charge in [-0.25, -0.2) is 0 Å². The van der Waals surface area contributed by atoms with E-state index in [1.54, 1.807) is 7.11 Å². The molecule has 1 aliphatic heterocycles. The number of methoxy groups -OCH3 is 1. The topological polar surface area (TPSA) is 54.9 Å². The lowest BCUT2D eigenvalue weighted by atomic mass is 9.74. The molecule has 28 heavy (non-hydrogen) atoms. The highest BCUT2D eigenvalue weighted by molar-refractivity contribution is 14.0. The number of nitrogens with zero attached hydrogens (tertiary/aromatic N) is 1. The molecule has 0 radical (unpaired) electrons. The van der Waals surface area contributed by atoms with E-state index < -0.39 is 0 Å². The normalized spacial score (nSPS) is 16.4. The van der Waals surface area contributed by atoms with Crippen molar-refractivity contribution in [3.63, 3.8) is 0 Å². The molecule has 1 fully saturated rings. The van der Waals surface area contributed by atoms with Gasteiger partial charge in [0.15, 0.2) is 5.96 Å². The first kappa shape index (κ1) is 25.0. The second-order valence-electron chi connectivity index (χ2n) is 7.78. The number of nitrogens with one attached hydrogen (secondary N) is 2. The summed E-state index contributed by atoms with van der Waals surface area (Å²) in [6.07, 6.45) is 4.39. The fourth-order valence-electron chi connectivity index (χ4n) is 3.53. The largest absolute Gasteiger partial charge is 0.497 e. The Hall–Kier alpha value is -1.02. The van der Waals surface area contributed by atoms with Crippen molar-refractivity contribution in [2.75, 3.05) is 40.0 Å². The first-order valence-corrected chi connectivity index (χ1v) is 10.3. The highest BCUT2D eigenvalue weighted by Crippen LogP contribution is 2.36. The third-order valence-corrected chi connectivity index (χ3v) is 5.29. The molecule has 0 saturated carbocycles. The molecule has 0 aromatic heterocycles. The van der Waals surface area contributed by atoms with E-state index in [9.17, 15) is 0 Å². The van der Waals surface area contributed by atoms with E-state index >= 15 is 0 Å². The molecule has 5 nitrogen and oxygen atoms in total. The monoisotopic (exact) mass is 503 g/mol. The molecule has 1 aliphatic rings.